The summed E-state index contributed by atoms with van der Waals surface area (Å²) in [7, 11) is 2.14. The third kappa shape index (κ3) is 2.91. The number of hydrogen-bond donors (Lipinski definition) is 0. The SMILES string of the molecule is CN(c1ccccc1)c1ccc2c3ccccc3n(-c3ccc4c(c3)C(C)(C)c3ccccc3-4)c2c1. The highest BCUT2D eigenvalue weighted by molar-refractivity contribution is 6.10. The van der Waals surface area contributed by atoms with E-state index in [0.29, 0.717) is 0 Å². The number of hydrogen-bond acceptors (Lipinski definition) is 1. The first kappa shape index (κ1) is 21.0. The zero-order valence-corrected chi connectivity index (χ0v) is 20.9. The maximum absolute atomic E-state index is 2.44. The van der Waals surface area contributed by atoms with Crippen LogP contribution in [0.15, 0.2) is 115 Å². The Morgan fingerprint density at radius 3 is 2.11 bits per heavy atom. The molecule has 0 atom stereocenters. The number of benzene rings is 5. The molecule has 174 valence electrons. The summed E-state index contributed by atoms with van der Waals surface area (Å²) in [5.41, 5.74) is 11.5. The van der Waals surface area contributed by atoms with Crippen LogP contribution in [0, 0.1) is 0 Å². The Labute approximate surface area is 212 Å². The average Bonchev–Trinajstić information content (AvgIpc) is 3.37. The van der Waals surface area contributed by atoms with Gasteiger partial charge in [-0.3, -0.25) is 0 Å². The first-order valence-corrected chi connectivity index (χ1v) is 12.6. The third-order valence-corrected chi connectivity index (χ3v) is 8.01. The summed E-state index contributed by atoms with van der Waals surface area (Å²) in [6.07, 6.45) is 0. The minimum absolute atomic E-state index is 0.0284. The average molecular weight is 465 g/mol. The second-order valence-corrected chi connectivity index (χ2v) is 10.3. The van der Waals surface area contributed by atoms with Gasteiger partial charge in [0.2, 0.25) is 0 Å². The van der Waals surface area contributed by atoms with E-state index in [1.54, 1.807) is 0 Å². The number of nitrogens with zero attached hydrogens (tertiary/aromatic N) is 2. The minimum atomic E-state index is -0.0284. The van der Waals surface area contributed by atoms with E-state index in [4.69, 9.17) is 0 Å². The molecular weight excluding hydrogens is 436 g/mol. The van der Waals surface area contributed by atoms with Crippen LogP contribution >= 0.6 is 0 Å². The van der Waals surface area contributed by atoms with E-state index >= 15 is 0 Å². The summed E-state index contributed by atoms with van der Waals surface area (Å²) in [4.78, 5) is 2.25. The van der Waals surface area contributed by atoms with Crippen molar-refractivity contribution in [2.75, 3.05) is 11.9 Å². The maximum atomic E-state index is 2.44. The summed E-state index contributed by atoms with van der Waals surface area (Å²) < 4.78 is 2.44. The molecule has 36 heavy (non-hydrogen) atoms. The van der Waals surface area contributed by atoms with Gasteiger partial charge in [0.25, 0.3) is 0 Å². The molecule has 6 aromatic rings. The summed E-state index contributed by atoms with van der Waals surface area (Å²) in [6.45, 7) is 4.69. The first-order valence-electron chi connectivity index (χ1n) is 12.6. The lowest BCUT2D eigenvalue weighted by molar-refractivity contribution is 0.660. The predicted molar refractivity (Wildman–Crippen MR) is 153 cm³/mol. The van der Waals surface area contributed by atoms with E-state index in [9.17, 15) is 0 Å². The van der Waals surface area contributed by atoms with Gasteiger partial charge in [-0.05, 0) is 64.7 Å². The van der Waals surface area contributed by atoms with Crippen LogP contribution in [0.4, 0.5) is 11.4 Å². The van der Waals surface area contributed by atoms with Gasteiger partial charge in [-0.2, -0.15) is 0 Å². The van der Waals surface area contributed by atoms with Crippen molar-refractivity contribution in [3.8, 4) is 16.8 Å². The van der Waals surface area contributed by atoms with E-state index in [-0.39, 0.29) is 5.41 Å². The molecule has 0 N–H and O–H groups in total. The molecular formula is C34H28N2. The molecule has 1 heterocycles. The van der Waals surface area contributed by atoms with Crippen molar-refractivity contribution < 1.29 is 0 Å². The third-order valence-electron chi connectivity index (χ3n) is 8.01. The Balaban J connectivity index is 1.47. The number of anilines is 2. The Morgan fingerprint density at radius 1 is 0.556 bits per heavy atom. The largest absolute Gasteiger partial charge is 0.345 e. The van der Waals surface area contributed by atoms with Gasteiger partial charge >= 0.3 is 0 Å². The van der Waals surface area contributed by atoms with Crippen molar-refractivity contribution in [1.82, 2.24) is 4.57 Å². The van der Waals surface area contributed by atoms with Crippen molar-refractivity contribution in [3.05, 3.63) is 126 Å². The first-order chi connectivity index (χ1) is 17.5. The highest BCUT2D eigenvalue weighted by atomic mass is 15.1. The summed E-state index contributed by atoms with van der Waals surface area (Å²) in [5, 5.41) is 2.56. The van der Waals surface area contributed by atoms with Gasteiger partial charge in [0.15, 0.2) is 0 Å². The van der Waals surface area contributed by atoms with Crippen LogP contribution in [-0.4, -0.2) is 11.6 Å². The van der Waals surface area contributed by atoms with Gasteiger partial charge in [0, 0.05) is 40.3 Å². The summed E-state index contributed by atoms with van der Waals surface area (Å²) in [5.74, 6) is 0. The maximum Gasteiger partial charge on any atom is 0.0561 e. The second-order valence-electron chi connectivity index (χ2n) is 10.3. The zero-order chi connectivity index (χ0) is 24.4. The van der Waals surface area contributed by atoms with Crippen LogP contribution in [-0.2, 0) is 5.41 Å². The lowest BCUT2D eigenvalue weighted by atomic mass is 9.82. The monoisotopic (exact) mass is 464 g/mol. The quantitative estimate of drug-likeness (QED) is 0.254. The molecule has 1 aromatic heterocycles. The topological polar surface area (TPSA) is 8.17 Å². The molecule has 7 rings (SSSR count). The lowest BCUT2D eigenvalue weighted by Crippen LogP contribution is -2.15. The van der Waals surface area contributed by atoms with E-state index in [1.165, 1.54) is 61.1 Å². The van der Waals surface area contributed by atoms with Gasteiger partial charge in [-0.25, -0.2) is 0 Å². The van der Waals surface area contributed by atoms with Crippen LogP contribution in [0.25, 0.3) is 38.6 Å². The molecule has 0 amide bonds. The molecule has 2 nitrogen and oxygen atoms in total. The van der Waals surface area contributed by atoms with Crippen LogP contribution < -0.4 is 4.90 Å². The molecule has 0 spiro atoms. The van der Waals surface area contributed by atoms with Gasteiger partial charge in [0.1, 0.15) is 0 Å². The number of aromatic nitrogens is 1. The summed E-state index contributed by atoms with van der Waals surface area (Å²) >= 11 is 0. The molecule has 0 radical (unpaired) electrons. The molecule has 0 fully saturated rings. The van der Waals surface area contributed by atoms with Crippen LogP contribution in [0.5, 0.6) is 0 Å². The smallest absolute Gasteiger partial charge is 0.0561 e. The molecule has 0 unspecified atom stereocenters. The number of rotatable bonds is 3. The molecule has 0 saturated carbocycles. The number of fused-ring (bicyclic) bond motifs is 6. The van der Waals surface area contributed by atoms with Crippen molar-refractivity contribution in [2.45, 2.75) is 19.3 Å². The Bertz CT molecular complexity index is 1770. The van der Waals surface area contributed by atoms with Crippen molar-refractivity contribution in [1.29, 1.82) is 0 Å². The van der Waals surface area contributed by atoms with Gasteiger partial charge in [0.05, 0.1) is 11.0 Å². The highest BCUT2D eigenvalue weighted by Crippen LogP contribution is 2.49. The van der Waals surface area contributed by atoms with Crippen molar-refractivity contribution >= 4 is 33.2 Å². The van der Waals surface area contributed by atoms with E-state index in [2.05, 4.69) is 146 Å². The second kappa shape index (κ2) is 7.60. The van der Waals surface area contributed by atoms with Crippen LogP contribution in [0.2, 0.25) is 0 Å². The van der Waals surface area contributed by atoms with E-state index in [0.717, 1.165) is 0 Å². The highest BCUT2D eigenvalue weighted by Gasteiger charge is 2.35. The standard InChI is InChI=1S/C34H28N2/c1-34(2)30-15-9-7-13-26(30)27-19-18-25(21-31(27)34)36-32-16-10-8-14-28(32)29-20-17-24(22-33(29)36)35(3)23-11-5-4-6-12-23/h4-22H,1-3H3. The fourth-order valence-corrected chi connectivity index (χ4v) is 6.08. The van der Waals surface area contributed by atoms with E-state index < -0.39 is 0 Å². The van der Waals surface area contributed by atoms with Crippen LogP contribution in [0.1, 0.15) is 25.0 Å². The molecule has 1 aliphatic carbocycles. The molecule has 1 aliphatic rings. The number of para-hydroxylation sites is 2. The summed E-state index contributed by atoms with van der Waals surface area (Å²) in [6, 6.07) is 42.0. The normalized spacial score (nSPS) is 13.6. The molecule has 0 bridgehead atoms. The lowest BCUT2D eigenvalue weighted by Gasteiger charge is -2.22. The van der Waals surface area contributed by atoms with Crippen molar-refractivity contribution in [2.24, 2.45) is 0 Å². The molecule has 5 aromatic carbocycles. The van der Waals surface area contributed by atoms with E-state index in [1.807, 2.05) is 0 Å². The Morgan fingerprint density at radius 2 is 1.25 bits per heavy atom. The predicted octanol–water partition coefficient (Wildman–Crippen LogP) is 8.86. The Kier molecular flexibility index (Phi) is 4.44. The fraction of sp³-hybridized carbons (Fsp3) is 0.118. The van der Waals surface area contributed by atoms with Gasteiger partial charge < -0.3 is 9.47 Å². The van der Waals surface area contributed by atoms with Crippen LogP contribution in [0.3, 0.4) is 0 Å². The zero-order valence-electron chi connectivity index (χ0n) is 20.9. The molecule has 2 heteroatoms. The fourth-order valence-electron chi connectivity index (χ4n) is 6.08. The Hall–Kier alpha value is -4.30. The minimum Gasteiger partial charge on any atom is -0.345 e. The van der Waals surface area contributed by atoms with Gasteiger partial charge in [-0.1, -0.05) is 86.6 Å². The molecule has 0 saturated heterocycles. The van der Waals surface area contributed by atoms with Crippen molar-refractivity contribution in [3.63, 3.8) is 0 Å². The molecule has 0 aliphatic heterocycles. The van der Waals surface area contributed by atoms with Gasteiger partial charge in [-0.15, -0.1) is 0 Å².